The number of carbonyl (C=O) groups is 2. The number of nitrogens with one attached hydrogen (secondary N) is 2. The number of H-pyrrole nitrogens is 1. The van der Waals surface area contributed by atoms with Gasteiger partial charge < -0.3 is 19.9 Å². The van der Waals surface area contributed by atoms with Crippen LogP contribution in [0.1, 0.15) is 52.0 Å². The van der Waals surface area contributed by atoms with Gasteiger partial charge in [-0.05, 0) is 76.5 Å². The smallest absolute Gasteiger partial charge is 0.410 e. The Morgan fingerprint density at radius 2 is 2.00 bits per heavy atom. The van der Waals surface area contributed by atoms with E-state index in [0.29, 0.717) is 19.0 Å². The van der Waals surface area contributed by atoms with Crippen LogP contribution >= 0.6 is 0 Å². The Kier molecular flexibility index (Phi) is 7.00. The van der Waals surface area contributed by atoms with Crippen LogP contribution in [0.5, 0.6) is 0 Å². The van der Waals surface area contributed by atoms with Crippen molar-refractivity contribution >= 4 is 23.0 Å². The van der Waals surface area contributed by atoms with Gasteiger partial charge in [-0.15, -0.1) is 0 Å². The Bertz CT molecular complexity index is 863. The van der Waals surface area contributed by atoms with Crippen molar-refractivity contribution in [3.8, 4) is 0 Å². The van der Waals surface area contributed by atoms with Crippen LogP contribution in [0.25, 0.3) is 11.0 Å². The zero-order valence-corrected chi connectivity index (χ0v) is 18.5. The van der Waals surface area contributed by atoms with Crippen molar-refractivity contribution in [2.24, 2.45) is 11.8 Å². The van der Waals surface area contributed by atoms with Crippen molar-refractivity contribution < 1.29 is 14.3 Å². The normalized spacial score (nSPS) is 19.5. The van der Waals surface area contributed by atoms with Crippen LogP contribution in [0, 0.1) is 11.8 Å². The van der Waals surface area contributed by atoms with Crippen LogP contribution in [0.15, 0.2) is 24.5 Å². The molecule has 0 aromatic carbocycles. The number of carbonyl (C=O) groups excluding carboxylic acids is 2. The lowest BCUT2D eigenvalue weighted by Gasteiger charge is -2.31. The number of pyridine rings is 1. The molecule has 30 heavy (non-hydrogen) atoms. The van der Waals surface area contributed by atoms with E-state index in [9.17, 15) is 9.59 Å². The molecule has 1 saturated carbocycles. The van der Waals surface area contributed by atoms with Crippen LogP contribution in [0.4, 0.5) is 4.79 Å². The maximum absolute atomic E-state index is 12.6. The Morgan fingerprint density at radius 1 is 1.27 bits per heavy atom. The second-order valence-corrected chi connectivity index (χ2v) is 9.33. The third-order valence-corrected chi connectivity index (χ3v) is 5.69. The average Bonchev–Trinajstić information content (AvgIpc) is 3.10. The monoisotopic (exact) mass is 414 g/mol. The van der Waals surface area contributed by atoms with Crippen molar-refractivity contribution in [2.75, 3.05) is 20.1 Å². The summed E-state index contributed by atoms with van der Waals surface area (Å²) in [5.41, 5.74) is 1.57. The van der Waals surface area contributed by atoms with Crippen molar-refractivity contribution in [3.63, 3.8) is 0 Å². The van der Waals surface area contributed by atoms with E-state index < -0.39 is 5.60 Å². The zero-order valence-electron chi connectivity index (χ0n) is 18.5. The molecule has 0 unspecified atom stereocenters. The van der Waals surface area contributed by atoms with E-state index in [1.807, 2.05) is 39.1 Å². The Hall–Kier alpha value is -2.57. The van der Waals surface area contributed by atoms with Crippen LogP contribution in [0.3, 0.4) is 0 Å². The Morgan fingerprint density at radius 3 is 2.70 bits per heavy atom. The molecule has 1 fully saturated rings. The molecule has 0 radical (unpaired) electrons. The summed E-state index contributed by atoms with van der Waals surface area (Å²) in [7, 11) is 1.78. The molecule has 0 spiro atoms. The second-order valence-electron chi connectivity index (χ2n) is 9.33. The first-order valence-electron chi connectivity index (χ1n) is 10.9. The van der Waals surface area contributed by atoms with E-state index >= 15 is 0 Å². The summed E-state index contributed by atoms with van der Waals surface area (Å²) in [6.07, 6.45) is 7.90. The van der Waals surface area contributed by atoms with Crippen molar-refractivity contribution in [3.05, 3.63) is 30.1 Å². The maximum atomic E-state index is 12.6. The molecule has 7 heteroatoms. The van der Waals surface area contributed by atoms with Gasteiger partial charge in [0, 0.05) is 43.8 Å². The van der Waals surface area contributed by atoms with Gasteiger partial charge in [0.15, 0.2) is 0 Å². The van der Waals surface area contributed by atoms with Gasteiger partial charge >= 0.3 is 6.09 Å². The quantitative estimate of drug-likeness (QED) is 0.751. The largest absolute Gasteiger partial charge is 0.444 e. The number of ether oxygens (including phenoxy) is 1. The number of hydrogen-bond acceptors (Lipinski definition) is 4. The molecule has 0 aliphatic heterocycles. The highest BCUT2D eigenvalue weighted by atomic mass is 16.6. The summed E-state index contributed by atoms with van der Waals surface area (Å²) in [6, 6.07) is 3.97. The van der Waals surface area contributed by atoms with Gasteiger partial charge in [-0.1, -0.05) is 0 Å². The molecule has 2 aromatic heterocycles. The van der Waals surface area contributed by atoms with E-state index in [0.717, 1.165) is 43.1 Å². The SMILES string of the molecule is CN(CC1CCC(C(=O)NCCc2c[nH]c3ncccc23)CC1)C(=O)OC(C)(C)C. The average molecular weight is 415 g/mol. The standard InChI is InChI=1S/C23H34N4O3/c1-23(2,3)30-22(29)27(4)15-16-7-9-17(10-8-16)21(28)25-13-11-18-14-26-20-19(18)6-5-12-24-20/h5-6,12,14,16-17H,7-11,13,15H2,1-4H3,(H,24,26)(H,25,28). The highest BCUT2D eigenvalue weighted by Gasteiger charge is 2.28. The topological polar surface area (TPSA) is 87.3 Å². The molecule has 2 amide bonds. The van der Waals surface area contributed by atoms with Crippen LogP contribution in [-0.4, -0.2) is 52.6 Å². The first-order valence-corrected chi connectivity index (χ1v) is 10.9. The fourth-order valence-corrected chi connectivity index (χ4v) is 4.09. The predicted molar refractivity (Wildman–Crippen MR) is 117 cm³/mol. The highest BCUT2D eigenvalue weighted by molar-refractivity contribution is 5.80. The van der Waals surface area contributed by atoms with E-state index in [-0.39, 0.29) is 17.9 Å². The predicted octanol–water partition coefficient (Wildman–Crippen LogP) is 3.89. The molecule has 2 aromatic rings. The molecule has 164 valence electrons. The van der Waals surface area contributed by atoms with E-state index in [4.69, 9.17) is 4.74 Å². The molecule has 2 heterocycles. The summed E-state index contributed by atoms with van der Waals surface area (Å²) in [6.45, 7) is 6.92. The van der Waals surface area contributed by atoms with Crippen LogP contribution in [-0.2, 0) is 16.0 Å². The summed E-state index contributed by atoms with van der Waals surface area (Å²) < 4.78 is 5.42. The van der Waals surface area contributed by atoms with Gasteiger partial charge in [-0.25, -0.2) is 9.78 Å². The Balaban J connectivity index is 1.38. The minimum atomic E-state index is -0.482. The summed E-state index contributed by atoms with van der Waals surface area (Å²) >= 11 is 0. The molecule has 0 atom stereocenters. The van der Waals surface area contributed by atoms with E-state index in [2.05, 4.69) is 15.3 Å². The number of amides is 2. The summed E-state index contributed by atoms with van der Waals surface area (Å²) in [5, 5.41) is 4.21. The molecular weight excluding hydrogens is 380 g/mol. The molecule has 0 saturated heterocycles. The third kappa shape index (κ3) is 5.97. The minimum absolute atomic E-state index is 0.0673. The highest BCUT2D eigenvalue weighted by Crippen LogP contribution is 2.29. The van der Waals surface area contributed by atoms with Gasteiger partial charge in [0.05, 0.1) is 0 Å². The molecule has 1 aliphatic rings. The number of hydrogen-bond donors (Lipinski definition) is 2. The van der Waals surface area contributed by atoms with Crippen LogP contribution < -0.4 is 5.32 Å². The number of aromatic nitrogens is 2. The number of rotatable bonds is 6. The number of nitrogens with zero attached hydrogens (tertiary/aromatic N) is 2. The Labute approximate surface area is 178 Å². The molecular formula is C23H34N4O3. The fraction of sp³-hybridized carbons (Fsp3) is 0.609. The molecule has 3 rings (SSSR count). The maximum Gasteiger partial charge on any atom is 0.410 e. The number of aromatic amines is 1. The van der Waals surface area contributed by atoms with Crippen LogP contribution in [0.2, 0.25) is 0 Å². The van der Waals surface area contributed by atoms with Gasteiger partial charge in [-0.2, -0.15) is 0 Å². The van der Waals surface area contributed by atoms with Gasteiger partial charge in [0.1, 0.15) is 11.2 Å². The third-order valence-electron chi connectivity index (χ3n) is 5.69. The molecule has 0 bridgehead atoms. The number of fused-ring (bicyclic) bond motifs is 1. The van der Waals surface area contributed by atoms with E-state index in [1.54, 1.807) is 18.1 Å². The van der Waals surface area contributed by atoms with E-state index in [1.165, 1.54) is 5.56 Å². The van der Waals surface area contributed by atoms with Gasteiger partial charge in [-0.3, -0.25) is 4.79 Å². The first-order chi connectivity index (χ1) is 14.2. The van der Waals surface area contributed by atoms with Crippen molar-refractivity contribution in [2.45, 2.75) is 58.5 Å². The van der Waals surface area contributed by atoms with Crippen molar-refractivity contribution in [1.29, 1.82) is 0 Å². The molecule has 1 aliphatic carbocycles. The molecule has 7 nitrogen and oxygen atoms in total. The summed E-state index contributed by atoms with van der Waals surface area (Å²) in [5.74, 6) is 0.634. The zero-order chi connectivity index (χ0) is 21.7. The second kappa shape index (κ2) is 9.49. The lowest BCUT2D eigenvalue weighted by atomic mass is 9.81. The lowest BCUT2D eigenvalue weighted by molar-refractivity contribution is -0.126. The lowest BCUT2D eigenvalue weighted by Crippen LogP contribution is -2.39. The van der Waals surface area contributed by atoms with Gasteiger partial charge in [0.2, 0.25) is 5.91 Å². The van der Waals surface area contributed by atoms with Crippen molar-refractivity contribution in [1.82, 2.24) is 20.2 Å². The fourth-order valence-electron chi connectivity index (χ4n) is 4.09. The van der Waals surface area contributed by atoms with Gasteiger partial charge in [0.25, 0.3) is 0 Å². The first kappa shape index (κ1) is 22.1. The summed E-state index contributed by atoms with van der Waals surface area (Å²) in [4.78, 5) is 33.8. The molecule has 2 N–H and O–H groups in total. The minimum Gasteiger partial charge on any atom is -0.444 e.